The molecule has 0 amide bonds. The lowest BCUT2D eigenvalue weighted by atomic mass is 10.1. The summed E-state index contributed by atoms with van der Waals surface area (Å²) in [7, 11) is 0. The summed E-state index contributed by atoms with van der Waals surface area (Å²) in [4.78, 5) is 0. The van der Waals surface area contributed by atoms with E-state index in [1.54, 1.807) is 13.0 Å². The molecule has 0 saturated carbocycles. The van der Waals surface area contributed by atoms with Crippen LogP contribution in [0.3, 0.4) is 0 Å². The fourth-order valence-electron chi connectivity index (χ4n) is 1.08. The van der Waals surface area contributed by atoms with Gasteiger partial charge in [-0.25, -0.2) is 4.39 Å². The summed E-state index contributed by atoms with van der Waals surface area (Å²) in [5, 5.41) is 0. The van der Waals surface area contributed by atoms with E-state index >= 15 is 0 Å². The normalized spacial score (nSPS) is 10.2. The molecule has 0 unspecified atom stereocenters. The highest BCUT2D eigenvalue weighted by molar-refractivity contribution is 5.35. The van der Waals surface area contributed by atoms with Gasteiger partial charge < -0.3 is 4.74 Å². The first-order valence-electron chi connectivity index (χ1n) is 4.55. The van der Waals surface area contributed by atoms with Gasteiger partial charge in [-0.15, -0.1) is 0 Å². The molecule has 0 saturated heterocycles. The van der Waals surface area contributed by atoms with Gasteiger partial charge >= 0.3 is 0 Å². The molecule has 1 nitrogen and oxygen atoms in total. The Bertz CT molecular complexity index is 294. The molecule has 0 aliphatic carbocycles. The molecule has 2 heteroatoms. The number of hydrogen-bond donors (Lipinski definition) is 0. The van der Waals surface area contributed by atoms with E-state index in [9.17, 15) is 4.39 Å². The van der Waals surface area contributed by atoms with E-state index in [1.807, 2.05) is 19.9 Å². The van der Waals surface area contributed by atoms with E-state index in [1.165, 1.54) is 0 Å². The Morgan fingerprint density at radius 1 is 1.31 bits per heavy atom. The topological polar surface area (TPSA) is 9.23 Å². The molecule has 0 aliphatic heterocycles. The van der Waals surface area contributed by atoms with Crippen LogP contribution in [0, 0.1) is 19.7 Å². The Labute approximate surface area is 78.5 Å². The highest BCUT2D eigenvalue weighted by Gasteiger charge is 2.07. The third kappa shape index (κ3) is 2.20. The minimum absolute atomic E-state index is 0.228. The third-order valence-corrected chi connectivity index (χ3v) is 2.08. The van der Waals surface area contributed by atoms with Crippen LogP contribution in [-0.2, 0) is 0 Å². The minimum atomic E-state index is -0.228. The van der Waals surface area contributed by atoms with E-state index < -0.39 is 0 Å². The van der Waals surface area contributed by atoms with Crippen molar-refractivity contribution in [2.45, 2.75) is 27.2 Å². The summed E-state index contributed by atoms with van der Waals surface area (Å²) >= 11 is 0. The molecule has 0 spiro atoms. The van der Waals surface area contributed by atoms with E-state index in [0.29, 0.717) is 17.9 Å². The fraction of sp³-hybridized carbons (Fsp3) is 0.455. The molecule has 0 aromatic heterocycles. The smallest absolute Gasteiger partial charge is 0.168 e. The first-order chi connectivity index (χ1) is 6.16. The van der Waals surface area contributed by atoms with E-state index in [4.69, 9.17) is 4.74 Å². The van der Waals surface area contributed by atoms with Gasteiger partial charge in [0, 0.05) is 0 Å². The SMILES string of the molecule is CCCOc1ccc(C)c(C)c1F. The summed E-state index contributed by atoms with van der Waals surface area (Å²) in [6.07, 6.45) is 0.895. The second-order valence-electron chi connectivity index (χ2n) is 3.17. The summed E-state index contributed by atoms with van der Waals surface area (Å²) in [5.41, 5.74) is 1.63. The quantitative estimate of drug-likeness (QED) is 0.697. The largest absolute Gasteiger partial charge is 0.491 e. The highest BCUT2D eigenvalue weighted by Crippen LogP contribution is 2.22. The molecular weight excluding hydrogens is 167 g/mol. The molecule has 72 valence electrons. The summed E-state index contributed by atoms with van der Waals surface area (Å²) in [6, 6.07) is 3.57. The Kier molecular flexibility index (Phi) is 3.29. The zero-order valence-electron chi connectivity index (χ0n) is 8.36. The average molecular weight is 182 g/mol. The van der Waals surface area contributed by atoms with E-state index in [0.717, 1.165) is 12.0 Å². The van der Waals surface area contributed by atoms with Crippen molar-refractivity contribution < 1.29 is 9.13 Å². The van der Waals surface area contributed by atoms with Crippen LogP contribution < -0.4 is 4.74 Å². The second-order valence-corrected chi connectivity index (χ2v) is 3.17. The molecule has 0 bridgehead atoms. The predicted molar refractivity (Wildman–Crippen MR) is 51.7 cm³/mol. The second kappa shape index (κ2) is 4.26. The zero-order valence-corrected chi connectivity index (χ0v) is 8.36. The maximum atomic E-state index is 13.5. The van der Waals surface area contributed by atoms with Gasteiger partial charge in [0.05, 0.1) is 6.61 Å². The van der Waals surface area contributed by atoms with Crippen molar-refractivity contribution in [1.82, 2.24) is 0 Å². The minimum Gasteiger partial charge on any atom is -0.491 e. The van der Waals surface area contributed by atoms with Gasteiger partial charge in [-0.1, -0.05) is 13.0 Å². The number of hydrogen-bond acceptors (Lipinski definition) is 1. The number of rotatable bonds is 3. The molecule has 1 aromatic rings. The molecule has 13 heavy (non-hydrogen) atoms. The van der Waals surface area contributed by atoms with Crippen molar-refractivity contribution in [2.24, 2.45) is 0 Å². The van der Waals surface area contributed by atoms with E-state index in [2.05, 4.69) is 0 Å². The van der Waals surface area contributed by atoms with Crippen molar-refractivity contribution in [3.05, 3.63) is 29.1 Å². The molecule has 1 rings (SSSR count). The van der Waals surface area contributed by atoms with Crippen molar-refractivity contribution in [1.29, 1.82) is 0 Å². The standard InChI is InChI=1S/C11H15FO/c1-4-7-13-10-6-5-8(2)9(3)11(10)12/h5-6H,4,7H2,1-3H3. The van der Waals surface area contributed by atoms with Gasteiger partial charge in [-0.3, -0.25) is 0 Å². The first kappa shape index (κ1) is 10.0. The van der Waals surface area contributed by atoms with Gasteiger partial charge in [0.25, 0.3) is 0 Å². The predicted octanol–water partition coefficient (Wildman–Crippen LogP) is 3.23. The summed E-state index contributed by atoms with van der Waals surface area (Å²) in [6.45, 7) is 6.23. The lowest BCUT2D eigenvalue weighted by Crippen LogP contribution is -1.99. The van der Waals surface area contributed by atoms with Gasteiger partial charge in [-0.05, 0) is 37.5 Å². The molecule has 0 fully saturated rings. The number of benzene rings is 1. The zero-order chi connectivity index (χ0) is 9.84. The average Bonchev–Trinajstić information content (AvgIpc) is 2.13. The van der Waals surface area contributed by atoms with Gasteiger partial charge in [-0.2, -0.15) is 0 Å². The van der Waals surface area contributed by atoms with Crippen LogP contribution in [0.5, 0.6) is 5.75 Å². The van der Waals surface area contributed by atoms with Crippen molar-refractivity contribution in [3.8, 4) is 5.75 Å². The van der Waals surface area contributed by atoms with Crippen molar-refractivity contribution in [3.63, 3.8) is 0 Å². The van der Waals surface area contributed by atoms with Crippen LogP contribution in [0.25, 0.3) is 0 Å². The van der Waals surface area contributed by atoms with Crippen LogP contribution >= 0.6 is 0 Å². The molecule has 0 N–H and O–H groups in total. The Morgan fingerprint density at radius 3 is 2.62 bits per heavy atom. The molecule has 0 radical (unpaired) electrons. The van der Waals surface area contributed by atoms with Crippen LogP contribution in [0.2, 0.25) is 0 Å². The van der Waals surface area contributed by atoms with Gasteiger partial charge in [0.1, 0.15) is 0 Å². The lowest BCUT2D eigenvalue weighted by molar-refractivity contribution is 0.300. The maximum absolute atomic E-state index is 13.5. The number of ether oxygens (including phenoxy) is 1. The van der Waals surface area contributed by atoms with Gasteiger partial charge in [0.15, 0.2) is 11.6 Å². The lowest BCUT2D eigenvalue weighted by Gasteiger charge is -2.08. The Balaban J connectivity index is 2.90. The molecular formula is C11H15FO. The third-order valence-electron chi connectivity index (χ3n) is 2.08. The van der Waals surface area contributed by atoms with Gasteiger partial charge in [0.2, 0.25) is 0 Å². The molecule has 0 heterocycles. The number of aryl methyl sites for hydroxylation is 1. The Morgan fingerprint density at radius 2 is 2.00 bits per heavy atom. The Hall–Kier alpha value is -1.05. The maximum Gasteiger partial charge on any atom is 0.168 e. The van der Waals surface area contributed by atoms with Crippen LogP contribution in [-0.4, -0.2) is 6.61 Å². The number of halogens is 1. The van der Waals surface area contributed by atoms with Crippen LogP contribution in [0.15, 0.2) is 12.1 Å². The molecule has 1 aromatic carbocycles. The fourth-order valence-corrected chi connectivity index (χ4v) is 1.08. The van der Waals surface area contributed by atoms with Crippen LogP contribution in [0.1, 0.15) is 24.5 Å². The summed E-state index contributed by atoms with van der Waals surface area (Å²) in [5.74, 6) is 0.137. The van der Waals surface area contributed by atoms with Crippen molar-refractivity contribution in [2.75, 3.05) is 6.61 Å². The van der Waals surface area contributed by atoms with E-state index in [-0.39, 0.29) is 5.82 Å². The monoisotopic (exact) mass is 182 g/mol. The highest BCUT2D eigenvalue weighted by atomic mass is 19.1. The molecule has 0 aliphatic rings. The molecule has 0 atom stereocenters. The van der Waals surface area contributed by atoms with Crippen molar-refractivity contribution >= 4 is 0 Å². The first-order valence-corrected chi connectivity index (χ1v) is 4.55. The summed E-state index contributed by atoms with van der Waals surface area (Å²) < 4.78 is 18.7. The van der Waals surface area contributed by atoms with Crippen LogP contribution in [0.4, 0.5) is 4.39 Å².